The van der Waals surface area contributed by atoms with E-state index in [1.54, 1.807) is 54.7 Å². The normalized spacial score (nSPS) is 10.8. The summed E-state index contributed by atoms with van der Waals surface area (Å²) in [6.45, 7) is 0.867. The quantitative estimate of drug-likeness (QED) is 0.770. The second-order valence-corrected chi connectivity index (χ2v) is 4.57. The molecule has 5 heteroatoms. The second-order valence-electron chi connectivity index (χ2n) is 4.57. The van der Waals surface area contributed by atoms with Crippen LogP contribution in [0.4, 0.5) is 10.1 Å². The number of pyridine rings is 1. The molecule has 2 rings (SSSR count). The molecule has 0 saturated carbocycles. The zero-order chi connectivity index (χ0) is 15.8. The smallest absolute Gasteiger partial charge is 0.251 e. The number of aromatic nitrogens is 1. The minimum absolute atomic E-state index is 0.174. The summed E-state index contributed by atoms with van der Waals surface area (Å²) in [5.41, 5.74) is 1.51. The lowest BCUT2D eigenvalue weighted by Gasteiger charge is -2.20. The van der Waals surface area contributed by atoms with Crippen LogP contribution in [0.5, 0.6) is 0 Å². The predicted octanol–water partition coefficient (Wildman–Crippen LogP) is 2.91. The number of rotatable bonds is 6. The standard InChI is InChI=1S/C17H17FN2O2/c1-22-13-12-20(16-8-10-19-11-9-16)17(21)7-4-14-2-5-15(18)6-3-14/h2-11H,12-13H2,1H3. The van der Waals surface area contributed by atoms with Crippen LogP contribution < -0.4 is 4.90 Å². The first-order chi connectivity index (χ1) is 10.7. The van der Waals surface area contributed by atoms with E-state index in [4.69, 9.17) is 4.74 Å². The van der Waals surface area contributed by atoms with Gasteiger partial charge >= 0.3 is 0 Å². The molecular formula is C17H17FN2O2. The first-order valence-corrected chi connectivity index (χ1v) is 6.85. The number of amides is 1. The topological polar surface area (TPSA) is 42.4 Å². The van der Waals surface area contributed by atoms with Gasteiger partial charge in [0, 0.05) is 37.8 Å². The Hall–Kier alpha value is -2.53. The molecule has 0 bridgehead atoms. The van der Waals surface area contributed by atoms with Crippen LogP contribution in [0.2, 0.25) is 0 Å². The first-order valence-electron chi connectivity index (χ1n) is 6.85. The highest BCUT2D eigenvalue weighted by atomic mass is 19.1. The summed E-state index contributed by atoms with van der Waals surface area (Å²) >= 11 is 0. The molecule has 0 fully saturated rings. The summed E-state index contributed by atoms with van der Waals surface area (Å²) in [6.07, 6.45) is 6.38. The highest BCUT2D eigenvalue weighted by molar-refractivity contribution is 6.03. The Bertz CT molecular complexity index is 627. The van der Waals surface area contributed by atoms with Crippen LogP contribution in [0.25, 0.3) is 6.08 Å². The molecular weight excluding hydrogens is 283 g/mol. The number of carbonyl (C=O) groups excluding carboxylic acids is 1. The van der Waals surface area contributed by atoms with Crippen molar-refractivity contribution in [3.05, 3.63) is 66.2 Å². The molecule has 1 aromatic heterocycles. The van der Waals surface area contributed by atoms with E-state index in [1.807, 2.05) is 0 Å². The highest BCUT2D eigenvalue weighted by Crippen LogP contribution is 2.13. The molecule has 0 unspecified atom stereocenters. The third-order valence-electron chi connectivity index (χ3n) is 3.05. The zero-order valence-electron chi connectivity index (χ0n) is 12.3. The van der Waals surface area contributed by atoms with Crippen molar-refractivity contribution in [3.8, 4) is 0 Å². The Morgan fingerprint density at radius 2 is 1.91 bits per heavy atom. The lowest BCUT2D eigenvalue weighted by atomic mass is 10.2. The molecule has 1 aromatic carbocycles. The summed E-state index contributed by atoms with van der Waals surface area (Å²) in [6, 6.07) is 9.47. The number of nitrogens with zero attached hydrogens (tertiary/aromatic N) is 2. The lowest BCUT2D eigenvalue weighted by molar-refractivity contribution is -0.114. The molecule has 114 valence electrons. The minimum Gasteiger partial charge on any atom is -0.383 e. The number of anilines is 1. The number of carbonyl (C=O) groups is 1. The number of benzene rings is 1. The van der Waals surface area contributed by atoms with Gasteiger partial charge in [-0.25, -0.2) is 4.39 Å². The van der Waals surface area contributed by atoms with Crippen molar-refractivity contribution in [2.75, 3.05) is 25.2 Å². The maximum atomic E-state index is 12.9. The Labute approximate surface area is 128 Å². The van der Waals surface area contributed by atoms with E-state index >= 15 is 0 Å². The van der Waals surface area contributed by atoms with E-state index in [-0.39, 0.29) is 11.7 Å². The molecule has 1 heterocycles. The summed E-state index contributed by atoms with van der Waals surface area (Å²) in [4.78, 5) is 17.9. The number of hydrogen-bond donors (Lipinski definition) is 0. The van der Waals surface area contributed by atoms with Crippen LogP contribution in [-0.4, -0.2) is 31.2 Å². The van der Waals surface area contributed by atoms with Crippen molar-refractivity contribution < 1.29 is 13.9 Å². The fourth-order valence-electron chi connectivity index (χ4n) is 1.90. The van der Waals surface area contributed by atoms with Gasteiger partial charge in [0.05, 0.1) is 6.61 Å². The lowest BCUT2D eigenvalue weighted by Crippen LogP contribution is -2.32. The number of hydrogen-bond acceptors (Lipinski definition) is 3. The molecule has 4 nitrogen and oxygen atoms in total. The SMILES string of the molecule is COCCN(C(=O)C=Cc1ccc(F)cc1)c1ccncc1. The summed E-state index contributed by atoms with van der Waals surface area (Å²) in [5, 5.41) is 0. The summed E-state index contributed by atoms with van der Waals surface area (Å²) in [7, 11) is 1.59. The number of ether oxygens (including phenoxy) is 1. The average molecular weight is 300 g/mol. The van der Waals surface area contributed by atoms with E-state index in [9.17, 15) is 9.18 Å². The van der Waals surface area contributed by atoms with Crippen LogP contribution in [0.15, 0.2) is 54.9 Å². The molecule has 22 heavy (non-hydrogen) atoms. The van der Waals surface area contributed by atoms with Gasteiger partial charge in [0.2, 0.25) is 0 Å². The molecule has 0 spiro atoms. The highest BCUT2D eigenvalue weighted by Gasteiger charge is 2.12. The molecule has 0 aliphatic heterocycles. The molecule has 1 amide bonds. The molecule has 0 atom stereocenters. The van der Waals surface area contributed by atoms with Crippen molar-refractivity contribution in [3.63, 3.8) is 0 Å². The van der Waals surface area contributed by atoms with Gasteiger partial charge < -0.3 is 9.64 Å². The molecule has 0 N–H and O–H groups in total. The average Bonchev–Trinajstić information content (AvgIpc) is 2.55. The Kier molecular flexibility index (Phi) is 5.80. The molecule has 0 radical (unpaired) electrons. The van der Waals surface area contributed by atoms with Crippen molar-refractivity contribution in [1.82, 2.24) is 4.98 Å². The maximum absolute atomic E-state index is 12.9. The van der Waals surface area contributed by atoms with Crippen LogP contribution in [0.3, 0.4) is 0 Å². The van der Waals surface area contributed by atoms with Gasteiger partial charge in [-0.2, -0.15) is 0 Å². The van der Waals surface area contributed by atoms with Gasteiger partial charge in [-0.1, -0.05) is 12.1 Å². The van der Waals surface area contributed by atoms with E-state index in [0.717, 1.165) is 11.3 Å². The van der Waals surface area contributed by atoms with Crippen LogP contribution in [0.1, 0.15) is 5.56 Å². The molecule has 0 aliphatic carbocycles. The number of methoxy groups -OCH3 is 1. The monoisotopic (exact) mass is 300 g/mol. The third kappa shape index (κ3) is 4.49. The van der Waals surface area contributed by atoms with Crippen LogP contribution >= 0.6 is 0 Å². The van der Waals surface area contributed by atoms with Gasteiger partial charge in [0.25, 0.3) is 5.91 Å². The Balaban J connectivity index is 2.13. The predicted molar refractivity (Wildman–Crippen MR) is 83.9 cm³/mol. The molecule has 2 aromatic rings. The van der Waals surface area contributed by atoms with E-state index in [2.05, 4.69) is 4.98 Å². The van der Waals surface area contributed by atoms with Crippen LogP contribution in [0, 0.1) is 5.82 Å². The van der Waals surface area contributed by atoms with Gasteiger partial charge in [0.15, 0.2) is 0 Å². The van der Waals surface area contributed by atoms with Crippen molar-refractivity contribution in [2.45, 2.75) is 0 Å². The summed E-state index contributed by atoms with van der Waals surface area (Å²) < 4.78 is 17.9. The molecule has 0 saturated heterocycles. The minimum atomic E-state index is -0.304. The largest absolute Gasteiger partial charge is 0.383 e. The van der Waals surface area contributed by atoms with Gasteiger partial charge in [-0.3, -0.25) is 9.78 Å². The summed E-state index contributed by atoms with van der Waals surface area (Å²) in [5.74, 6) is -0.477. The van der Waals surface area contributed by atoms with Gasteiger partial charge in [-0.05, 0) is 35.9 Å². The number of halogens is 1. The fourth-order valence-corrected chi connectivity index (χ4v) is 1.90. The first kappa shape index (κ1) is 15.9. The Morgan fingerprint density at radius 3 is 2.55 bits per heavy atom. The second kappa shape index (κ2) is 8.05. The van der Waals surface area contributed by atoms with Crippen molar-refractivity contribution in [2.24, 2.45) is 0 Å². The third-order valence-corrected chi connectivity index (χ3v) is 3.05. The van der Waals surface area contributed by atoms with E-state index in [1.165, 1.54) is 18.2 Å². The van der Waals surface area contributed by atoms with Gasteiger partial charge in [0.1, 0.15) is 5.82 Å². The zero-order valence-corrected chi connectivity index (χ0v) is 12.3. The van der Waals surface area contributed by atoms with Crippen molar-refractivity contribution in [1.29, 1.82) is 0 Å². The van der Waals surface area contributed by atoms with Crippen LogP contribution in [-0.2, 0) is 9.53 Å². The van der Waals surface area contributed by atoms with Gasteiger partial charge in [-0.15, -0.1) is 0 Å². The maximum Gasteiger partial charge on any atom is 0.251 e. The van der Waals surface area contributed by atoms with Crippen molar-refractivity contribution >= 4 is 17.7 Å². The van der Waals surface area contributed by atoms with E-state index < -0.39 is 0 Å². The molecule has 0 aliphatic rings. The Morgan fingerprint density at radius 1 is 1.23 bits per heavy atom. The van der Waals surface area contributed by atoms with E-state index in [0.29, 0.717) is 13.2 Å². The fraction of sp³-hybridized carbons (Fsp3) is 0.176.